The normalized spacial score (nSPS) is 28.6. The third-order valence-electron chi connectivity index (χ3n) is 2.96. The second kappa shape index (κ2) is 4.53. The van der Waals surface area contributed by atoms with Crippen molar-refractivity contribution in [1.29, 1.82) is 0 Å². The fourth-order valence-corrected chi connectivity index (χ4v) is 4.34. The monoisotopic (exact) mass is 216 g/mol. The zero-order valence-corrected chi connectivity index (χ0v) is 9.26. The number of β-amino-alcohol motifs (C(OH)–C–C–N with tert-alkyl or cyclic N) is 1. The van der Waals surface area contributed by atoms with Crippen LogP contribution >= 0.6 is 0 Å². The second-order valence-corrected chi connectivity index (χ2v) is 6.48. The van der Waals surface area contributed by atoms with E-state index in [1.54, 1.807) is 0 Å². The lowest BCUT2D eigenvalue weighted by molar-refractivity contribution is -0.127. The van der Waals surface area contributed by atoms with Gasteiger partial charge in [0, 0.05) is 13.1 Å². The molecule has 2 aliphatic heterocycles. The molecule has 0 aromatic carbocycles. The first-order valence-corrected chi connectivity index (χ1v) is 7.09. The fourth-order valence-electron chi connectivity index (χ4n) is 2.09. The Kier molecular flexibility index (Phi) is 3.34. The number of nitrogens with zero attached hydrogens (tertiary/aromatic N) is 1. The van der Waals surface area contributed by atoms with E-state index in [9.17, 15) is 9.90 Å². The zero-order chi connectivity index (χ0) is 9.97. The van der Waals surface area contributed by atoms with Gasteiger partial charge in [0.2, 0.25) is 0 Å². The fraction of sp³-hybridized carbons (Fsp3) is 0.900. The summed E-state index contributed by atoms with van der Waals surface area (Å²) in [5.74, 6) is 3.52. The molecule has 0 aromatic rings. The smallest absolute Gasteiger partial charge is 0.272 e. The van der Waals surface area contributed by atoms with E-state index >= 15 is 0 Å². The standard InChI is InChI=1S/C10H18NO2S/c12-9-3-4-11(7-9)10(13)8-14-5-1-2-6-14/h9,12H,1-8H2/q+1. The second-order valence-electron chi connectivity index (χ2n) is 4.15. The Balaban J connectivity index is 1.77. The van der Waals surface area contributed by atoms with Gasteiger partial charge < -0.3 is 10.0 Å². The lowest BCUT2D eigenvalue weighted by Gasteiger charge is -2.14. The lowest BCUT2D eigenvalue weighted by atomic mass is 10.3. The van der Waals surface area contributed by atoms with Crippen molar-refractivity contribution in [2.75, 3.05) is 30.3 Å². The Labute approximate surface area is 87.8 Å². The molecule has 4 heteroatoms. The number of hydrogen-bond donors (Lipinski definition) is 1. The van der Waals surface area contributed by atoms with E-state index in [-0.39, 0.29) is 12.0 Å². The number of amides is 1. The Bertz CT molecular complexity index is 216. The van der Waals surface area contributed by atoms with Crippen LogP contribution in [0, 0.1) is 0 Å². The van der Waals surface area contributed by atoms with Crippen molar-refractivity contribution < 1.29 is 9.90 Å². The van der Waals surface area contributed by atoms with Crippen molar-refractivity contribution in [3.63, 3.8) is 0 Å². The molecule has 80 valence electrons. The molecule has 1 unspecified atom stereocenters. The van der Waals surface area contributed by atoms with Crippen molar-refractivity contribution in [1.82, 2.24) is 4.90 Å². The summed E-state index contributed by atoms with van der Waals surface area (Å²) in [5, 5.41) is 9.32. The Hall–Kier alpha value is -0.220. The minimum absolute atomic E-state index is 0.270. The summed E-state index contributed by atoms with van der Waals surface area (Å²) in [6.07, 6.45) is 3.10. The van der Waals surface area contributed by atoms with Crippen LogP contribution in [0.2, 0.25) is 0 Å². The predicted octanol–water partition coefficient (Wildman–Crippen LogP) is -0.00830. The van der Waals surface area contributed by atoms with E-state index < -0.39 is 0 Å². The third-order valence-corrected chi connectivity index (χ3v) is 5.35. The summed E-state index contributed by atoms with van der Waals surface area (Å²) < 4.78 is 0. The Morgan fingerprint density at radius 1 is 1.43 bits per heavy atom. The maximum Gasteiger partial charge on any atom is 0.272 e. The van der Waals surface area contributed by atoms with E-state index in [4.69, 9.17) is 0 Å². The van der Waals surface area contributed by atoms with Gasteiger partial charge in [0.05, 0.1) is 6.10 Å². The van der Waals surface area contributed by atoms with Crippen LogP contribution in [0.3, 0.4) is 0 Å². The summed E-state index contributed by atoms with van der Waals surface area (Å²) in [4.78, 5) is 13.6. The molecule has 2 heterocycles. The molecule has 0 spiro atoms. The molecule has 2 fully saturated rings. The van der Waals surface area contributed by atoms with Crippen LogP contribution < -0.4 is 0 Å². The van der Waals surface area contributed by atoms with Crippen LogP contribution in [-0.4, -0.2) is 52.4 Å². The van der Waals surface area contributed by atoms with Crippen LogP contribution in [-0.2, 0) is 15.7 Å². The summed E-state index contributed by atoms with van der Waals surface area (Å²) in [5.41, 5.74) is 0. The molecular weight excluding hydrogens is 198 g/mol. The number of likely N-dealkylation sites (tertiary alicyclic amines) is 1. The Morgan fingerprint density at radius 3 is 2.71 bits per heavy atom. The van der Waals surface area contributed by atoms with E-state index in [1.807, 2.05) is 4.90 Å². The maximum absolute atomic E-state index is 11.8. The quantitative estimate of drug-likeness (QED) is 0.660. The van der Waals surface area contributed by atoms with E-state index in [0.717, 1.165) is 18.7 Å². The van der Waals surface area contributed by atoms with Crippen LogP contribution in [0.15, 0.2) is 0 Å². The third kappa shape index (κ3) is 2.42. The highest BCUT2D eigenvalue weighted by atomic mass is 32.2. The number of rotatable bonds is 2. The number of hydrogen-bond acceptors (Lipinski definition) is 2. The maximum atomic E-state index is 11.8. The van der Waals surface area contributed by atoms with E-state index in [1.165, 1.54) is 24.3 Å². The zero-order valence-electron chi connectivity index (χ0n) is 8.45. The largest absolute Gasteiger partial charge is 0.391 e. The van der Waals surface area contributed by atoms with Crippen LogP contribution in [0.1, 0.15) is 19.3 Å². The molecular formula is C10H18NO2S+. The summed E-state index contributed by atoms with van der Waals surface area (Å²) >= 11 is 0. The molecule has 1 atom stereocenters. The van der Waals surface area contributed by atoms with Crippen molar-refractivity contribution in [3.8, 4) is 0 Å². The average Bonchev–Trinajstić information content (AvgIpc) is 2.75. The predicted molar refractivity (Wildman–Crippen MR) is 58.4 cm³/mol. The van der Waals surface area contributed by atoms with Crippen molar-refractivity contribution in [2.45, 2.75) is 25.4 Å². The molecule has 14 heavy (non-hydrogen) atoms. The van der Waals surface area contributed by atoms with Crippen LogP contribution in [0.5, 0.6) is 0 Å². The molecule has 1 N–H and O–H groups in total. The SMILES string of the molecule is O=C(C[S+]1CCCC1)N1CCC(O)C1. The van der Waals surface area contributed by atoms with E-state index in [2.05, 4.69) is 0 Å². The lowest BCUT2D eigenvalue weighted by Crippen LogP contribution is -2.35. The van der Waals surface area contributed by atoms with Crippen LogP contribution in [0.4, 0.5) is 0 Å². The number of aliphatic hydroxyl groups is 1. The summed E-state index contributed by atoms with van der Waals surface area (Å²) in [6.45, 7) is 1.33. The van der Waals surface area contributed by atoms with Gasteiger partial charge in [-0.3, -0.25) is 4.79 Å². The molecule has 3 nitrogen and oxygen atoms in total. The molecule has 2 rings (SSSR count). The number of carbonyl (C=O) groups is 1. The minimum Gasteiger partial charge on any atom is -0.391 e. The van der Waals surface area contributed by atoms with Gasteiger partial charge in [-0.2, -0.15) is 0 Å². The molecule has 0 saturated carbocycles. The molecule has 1 amide bonds. The molecule has 2 aliphatic rings. The average molecular weight is 216 g/mol. The summed E-state index contributed by atoms with van der Waals surface area (Å²) in [7, 11) is 0.363. The topological polar surface area (TPSA) is 40.5 Å². The highest BCUT2D eigenvalue weighted by molar-refractivity contribution is 7.97. The highest BCUT2D eigenvalue weighted by Gasteiger charge is 2.32. The molecule has 0 bridgehead atoms. The van der Waals surface area contributed by atoms with E-state index in [0.29, 0.717) is 17.4 Å². The first-order chi connectivity index (χ1) is 6.75. The minimum atomic E-state index is -0.272. The van der Waals surface area contributed by atoms with Gasteiger partial charge in [0.1, 0.15) is 11.5 Å². The number of carbonyl (C=O) groups excluding carboxylic acids is 1. The van der Waals surface area contributed by atoms with Gasteiger partial charge in [-0.25, -0.2) is 0 Å². The molecule has 0 aromatic heterocycles. The first kappa shape index (κ1) is 10.3. The van der Waals surface area contributed by atoms with Gasteiger partial charge in [-0.05, 0) is 30.2 Å². The van der Waals surface area contributed by atoms with Gasteiger partial charge in [-0.1, -0.05) is 0 Å². The van der Waals surface area contributed by atoms with Crippen LogP contribution in [0.25, 0.3) is 0 Å². The van der Waals surface area contributed by atoms with Crippen molar-refractivity contribution >= 4 is 16.8 Å². The number of aliphatic hydroxyl groups excluding tert-OH is 1. The highest BCUT2D eigenvalue weighted by Crippen LogP contribution is 2.16. The van der Waals surface area contributed by atoms with Gasteiger partial charge in [0.25, 0.3) is 5.91 Å². The molecule has 2 saturated heterocycles. The molecule has 0 radical (unpaired) electrons. The van der Waals surface area contributed by atoms with Crippen molar-refractivity contribution in [3.05, 3.63) is 0 Å². The van der Waals surface area contributed by atoms with Crippen molar-refractivity contribution in [2.24, 2.45) is 0 Å². The first-order valence-electron chi connectivity index (χ1n) is 5.35. The molecule has 0 aliphatic carbocycles. The Morgan fingerprint density at radius 2 is 2.14 bits per heavy atom. The van der Waals surface area contributed by atoms with Gasteiger partial charge in [-0.15, -0.1) is 0 Å². The summed E-state index contributed by atoms with van der Waals surface area (Å²) in [6, 6.07) is 0. The van der Waals surface area contributed by atoms with Gasteiger partial charge in [0.15, 0.2) is 5.75 Å². The van der Waals surface area contributed by atoms with Gasteiger partial charge >= 0.3 is 0 Å².